The van der Waals surface area contributed by atoms with Gasteiger partial charge in [0.1, 0.15) is 5.75 Å². The zero-order valence-electron chi connectivity index (χ0n) is 10.5. The van der Waals surface area contributed by atoms with Crippen LogP contribution >= 0.6 is 12.6 Å². The van der Waals surface area contributed by atoms with Crippen LogP contribution in [0.2, 0.25) is 0 Å². The second kappa shape index (κ2) is 6.16. The second-order valence-corrected chi connectivity index (χ2v) is 4.76. The molecule has 0 aliphatic heterocycles. The largest absolute Gasteiger partial charge is 0.491 e. The van der Waals surface area contributed by atoms with Crippen molar-refractivity contribution < 1.29 is 4.74 Å². The third-order valence-electron chi connectivity index (χ3n) is 2.43. The van der Waals surface area contributed by atoms with E-state index in [1.807, 2.05) is 26.0 Å². The van der Waals surface area contributed by atoms with Gasteiger partial charge in [0.2, 0.25) is 0 Å². The lowest BCUT2D eigenvalue weighted by molar-refractivity contribution is 0.242. The Morgan fingerprint density at radius 1 is 1.19 bits per heavy atom. The standard InChI is InChI=1S/C13H21NOS/c1-10(2)15-12-7-5-11(6-8-12)13(9-16)14(3)4/h5-8,10,13,16H,9H2,1-4H3. The Kier molecular flexibility index (Phi) is 5.16. The Morgan fingerprint density at radius 3 is 2.12 bits per heavy atom. The van der Waals surface area contributed by atoms with Crippen LogP contribution in [0.5, 0.6) is 5.75 Å². The van der Waals surface area contributed by atoms with Crippen LogP contribution in [-0.4, -0.2) is 30.9 Å². The molecular weight excluding hydrogens is 218 g/mol. The average Bonchev–Trinajstić information content (AvgIpc) is 2.20. The van der Waals surface area contributed by atoms with Gasteiger partial charge in [-0.3, -0.25) is 0 Å². The van der Waals surface area contributed by atoms with Gasteiger partial charge in [-0.2, -0.15) is 12.6 Å². The lowest BCUT2D eigenvalue weighted by Crippen LogP contribution is -2.21. The predicted molar refractivity (Wildman–Crippen MR) is 72.5 cm³/mol. The maximum atomic E-state index is 5.61. The summed E-state index contributed by atoms with van der Waals surface area (Å²) in [6.07, 6.45) is 0.223. The van der Waals surface area contributed by atoms with Gasteiger partial charge < -0.3 is 9.64 Å². The number of benzene rings is 1. The summed E-state index contributed by atoms with van der Waals surface area (Å²) < 4.78 is 5.61. The van der Waals surface area contributed by atoms with Crippen LogP contribution in [0, 0.1) is 0 Å². The van der Waals surface area contributed by atoms with Crippen LogP contribution in [0.3, 0.4) is 0 Å². The first kappa shape index (κ1) is 13.4. The fraction of sp³-hybridized carbons (Fsp3) is 0.538. The minimum atomic E-state index is 0.223. The highest BCUT2D eigenvalue weighted by molar-refractivity contribution is 7.80. The maximum Gasteiger partial charge on any atom is 0.119 e. The summed E-state index contributed by atoms with van der Waals surface area (Å²) in [6.45, 7) is 4.06. The van der Waals surface area contributed by atoms with E-state index in [1.165, 1.54) is 5.56 Å². The molecule has 2 nitrogen and oxygen atoms in total. The molecule has 0 spiro atoms. The third kappa shape index (κ3) is 3.72. The molecule has 16 heavy (non-hydrogen) atoms. The van der Waals surface area contributed by atoms with E-state index in [0.717, 1.165) is 11.5 Å². The van der Waals surface area contributed by atoms with Gasteiger partial charge in [0.25, 0.3) is 0 Å². The molecule has 0 aromatic heterocycles. The average molecular weight is 239 g/mol. The molecule has 0 fully saturated rings. The molecule has 3 heteroatoms. The molecular formula is C13H21NOS. The van der Waals surface area contributed by atoms with Crippen LogP contribution in [-0.2, 0) is 0 Å². The van der Waals surface area contributed by atoms with E-state index in [1.54, 1.807) is 0 Å². The van der Waals surface area contributed by atoms with Crippen molar-refractivity contribution in [3.05, 3.63) is 29.8 Å². The summed E-state index contributed by atoms with van der Waals surface area (Å²) in [5.41, 5.74) is 1.27. The van der Waals surface area contributed by atoms with Crippen molar-refractivity contribution in [2.75, 3.05) is 19.8 Å². The summed E-state index contributed by atoms with van der Waals surface area (Å²) in [5.74, 6) is 1.74. The Bertz CT molecular complexity index is 308. The summed E-state index contributed by atoms with van der Waals surface area (Å²) in [4.78, 5) is 2.17. The Balaban J connectivity index is 2.77. The van der Waals surface area contributed by atoms with Gasteiger partial charge >= 0.3 is 0 Å². The molecule has 0 saturated carbocycles. The van der Waals surface area contributed by atoms with Crippen LogP contribution in [0.1, 0.15) is 25.5 Å². The normalized spacial score (nSPS) is 13.2. The lowest BCUT2D eigenvalue weighted by Gasteiger charge is -2.23. The molecule has 0 aliphatic carbocycles. The molecule has 1 rings (SSSR count). The lowest BCUT2D eigenvalue weighted by atomic mass is 10.1. The molecule has 0 radical (unpaired) electrons. The maximum absolute atomic E-state index is 5.61. The first-order chi connectivity index (χ1) is 7.54. The number of thiol groups is 1. The number of hydrogen-bond acceptors (Lipinski definition) is 3. The van der Waals surface area contributed by atoms with Gasteiger partial charge in [0.15, 0.2) is 0 Å². The number of rotatable bonds is 5. The quantitative estimate of drug-likeness (QED) is 0.793. The minimum Gasteiger partial charge on any atom is -0.491 e. The molecule has 0 amide bonds. The van der Waals surface area contributed by atoms with Crippen molar-refractivity contribution in [3.63, 3.8) is 0 Å². The highest BCUT2D eigenvalue weighted by atomic mass is 32.1. The molecule has 1 aromatic rings. The van der Waals surface area contributed by atoms with Crippen molar-refractivity contribution in [1.29, 1.82) is 0 Å². The van der Waals surface area contributed by atoms with Crippen molar-refractivity contribution in [3.8, 4) is 5.75 Å². The van der Waals surface area contributed by atoms with Crippen LogP contribution in [0.25, 0.3) is 0 Å². The topological polar surface area (TPSA) is 12.5 Å². The molecule has 0 saturated heterocycles. The highest BCUT2D eigenvalue weighted by Crippen LogP contribution is 2.22. The molecule has 1 aromatic carbocycles. The van der Waals surface area contributed by atoms with Gasteiger partial charge in [-0.15, -0.1) is 0 Å². The molecule has 1 unspecified atom stereocenters. The molecule has 0 aliphatic rings. The fourth-order valence-electron chi connectivity index (χ4n) is 1.61. The molecule has 90 valence electrons. The van der Waals surface area contributed by atoms with E-state index in [-0.39, 0.29) is 6.10 Å². The van der Waals surface area contributed by atoms with E-state index in [2.05, 4.69) is 43.8 Å². The molecule has 0 heterocycles. The molecule has 0 N–H and O–H groups in total. The second-order valence-electron chi connectivity index (χ2n) is 4.40. The van der Waals surface area contributed by atoms with E-state index < -0.39 is 0 Å². The third-order valence-corrected chi connectivity index (χ3v) is 2.78. The summed E-state index contributed by atoms with van der Waals surface area (Å²) in [6, 6.07) is 8.62. The summed E-state index contributed by atoms with van der Waals surface area (Å²) in [7, 11) is 4.14. The highest BCUT2D eigenvalue weighted by Gasteiger charge is 2.11. The number of hydrogen-bond donors (Lipinski definition) is 1. The zero-order chi connectivity index (χ0) is 12.1. The van der Waals surface area contributed by atoms with Gasteiger partial charge in [-0.25, -0.2) is 0 Å². The van der Waals surface area contributed by atoms with E-state index in [0.29, 0.717) is 6.04 Å². The Morgan fingerprint density at radius 2 is 1.75 bits per heavy atom. The smallest absolute Gasteiger partial charge is 0.119 e. The van der Waals surface area contributed by atoms with Gasteiger partial charge in [-0.05, 0) is 45.6 Å². The first-order valence-electron chi connectivity index (χ1n) is 5.58. The minimum absolute atomic E-state index is 0.223. The van der Waals surface area contributed by atoms with Crippen molar-refractivity contribution in [1.82, 2.24) is 4.90 Å². The monoisotopic (exact) mass is 239 g/mol. The Hall–Kier alpha value is -0.670. The molecule has 1 atom stereocenters. The summed E-state index contributed by atoms with van der Waals surface area (Å²) in [5, 5.41) is 0. The van der Waals surface area contributed by atoms with Crippen molar-refractivity contribution >= 4 is 12.6 Å². The predicted octanol–water partition coefficient (Wildman–Crippen LogP) is 3.01. The SMILES string of the molecule is CC(C)Oc1ccc(C(CS)N(C)C)cc1. The van der Waals surface area contributed by atoms with Gasteiger partial charge in [0, 0.05) is 11.8 Å². The Labute approximate surface area is 104 Å². The van der Waals surface area contributed by atoms with Crippen molar-refractivity contribution in [2.24, 2.45) is 0 Å². The molecule has 0 bridgehead atoms. The van der Waals surface area contributed by atoms with E-state index in [9.17, 15) is 0 Å². The van der Waals surface area contributed by atoms with Gasteiger partial charge in [0.05, 0.1) is 6.10 Å². The van der Waals surface area contributed by atoms with E-state index in [4.69, 9.17) is 4.74 Å². The van der Waals surface area contributed by atoms with Gasteiger partial charge in [-0.1, -0.05) is 12.1 Å². The van der Waals surface area contributed by atoms with Crippen LogP contribution < -0.4 is 4.74 Å². The van der Waals surface area contributed by atoms with Crippen LogP contribution in [0.4, 0.5) is 0 Å². The van der Waals surface area contributed by atoms with Crippen molar-refractivity contribution in [2.45, 2.75) is 26.0 Å². The summed E-state index contributed by atoms with van der Waals surface area (Å²) >= 11 is 4.37. The first-order valence-corrected chi connectivity index (χ1v) is 6.21. The number of ether oxygens (including phenoxy) is 1. The number of nitrogens with zero attached hydrogens (tertiary/aromatic N) is 1. The zero-order valence-corrected chi connectivity index (χ0v) is 11.4. The van der Waals surface area contributed by atoms with E-state index >= 15 is 0 Å². The van der Waals surface area contributed by atoms with Crippen LogP contribution in [0.15, 0.2) is 24.3 Å². The fourth-order valence-corrected chi connectivity index (χ4v) is 2.14.